The first kappa shape index (κ1) is 20.2. The van der Waals surface area contributed by atoms with Crippen LogP contribution in [0.5, 0.6) is 5.75 Å². The number of amides is 1. The molecule has 28 heavy (non-hydrogen) atoms. The molecule has 1 fully saturated rings. The van der Waals surface area contributed by atoms with Gasteiger partial charge in [0.15, 0.2) is 5.17 Å². The molecule has 0 bridgehead atoms. The number of carbonyl (C=O) groups is 2. The van der Waals surface area contributed by atoms with Crippen LogP contribution in [0.15, 0.2) is 53.2 Å². The predicted octanol–water partition coefficient (Wildman–Crippen LogP) is 3.85. The van der Waals surface area contributed by atoms with E-state index in [0.29, 0.717) is 29.5 Å². The van der Waals surface area contributed by atoms with E-state index in [0.717, 1.165) is 11.3 Å². The molecule has 0 aliphatic carbocycles. The van der Waals surface area contributed by atoms with Crippen LogP contribution in [0, 0.1) is 0 Å². The molecule has 2 aliphatic rings. The molecule has 3 rings (SSSR count). The number of benzene rings is 1. The van der Waals surface area contributed by atoms with E-state index >= 15 is 0 Å². The minimum atomic E-state index is -0.572. The Morgan fingerprint density at radius 1 is 1.32 bits per heavy atom. The summed E-state index contributed by atoms with van der Waals surface area (Å²) in [5, 5.41) is 0.439. The van der Waals surface area contributed by atoms with Crippen molar-refractivity contribution < 1.29 is 19.1 Å². The van der Waals surface area contributed by atoms with Crippen LogP contribution < -0.4 is 4.74 Å². The van der Waals surface area contributed by atoms with Gasteiger partial charge in [-0.25, -0.2) is 9.79 Å². The molecule has 2 aliphatic heterocycles. The topological polar surface area (TPSA) is 68.2 Å². The fourth-order valence-electron chi connectivity index (χ4n) is 3.29. The van der Waals surface area contributed by atoms with E-state index in [1.807, 2.05) is 38.1 Å². The molecule has 1 aromatic carbocycles. The van der Waals surface area contributed by atoms with Gasteiger partial charge in [-0.15, -0.1) is 0 Å². The monoisotopic (exact) mass is 400 g/mol. The Hall–Kier alpha value is -2.54. The summed E-state index contributed by atoms with van der Waals surface area (Å²) in [5.41, 5.74) is 1.75. The van der Waals surface area contributed by atoms with Gasteiger partial charge in [-0.2, -0.15) is 0 Å². The number of hydrogen-bond donors (Lipinski definition) is 0. The molecule has 1 aromatic rings. The largest absolute Gasteiger partial charge is 0.494 e. The molecular weight excluding hydrogens is 376 g/mol. The summed E-state index contributed by atoms with van der Waals surface area (Å²) in [4.78, 5) is 32.0. The van der Waals surface area contributed by atoms with Crippen LogP contribution in [0.1, 0.15) is 38.8 Å². The standard InChI is InChI=1S/C21H24N2O4S/c1-5-12-27-20(25)17-13(4)22-21-23(19(24)16(6-2)28-21)18(17)14-8-10-15(11-9-14)26-7-3/h5,8-11,16,18H,1,6-7,12H2,2-4H3/t16-,18+/m0/s1. The molecule has 1 saturated heterocycles. The number of carbonyl (C=O) groups excluding carboxylic acids is 2. The van der Waals surface area contributed by atoms with E-state index in [2.05, 4.69) is 11.6 Å². The number of thioether (sulfide) groups is 1. The third-order valence-electron chi connectivity index (χ3n) is 4.58. The Labute approximate surface area is 169 Å². The van der Waals surface area contributed by atoms with Crippen LogP contribution in [0.3, 0.4) is 0 Å². The second-order valence-electron chi connectivity index (χ2n) is 6.41. The zero-order valence-corrected chi connectivity index (χ0v) is 17.1. The van der Waals surface area contributed by atoms with Crippen LogP contribution in [0.4, 0.5) is 0 Å². The summed E-state index contributed by atoms with van der Waals surface area (Å²) < 4.78 is 10.8. The van der Waals surface area contributed by atoms with Gasteiger partial charge in [0.2, 0.25) is 5.91 Å². The van der Waals surface area contributed by atoms with Crippen molar-refractivity contribution >= 4 is 28.8 Å². The molecule has 0 radical (unpaired) electrons. The first-order valence-corrected chi connectivity index (χ1v) is 10.2. The van der Waals surface area contributed by atoms with Crippen molar-refractivity contribution in [3.05, 3.63) is 53.8 Å². The molecular formula is C21H24N2O4S. The van der Waals surface area contributed by atoms with Crippen molar-refractivity contribution in [1.29, 1.82) is 0 Å². The summed E-state index contributed by atoms with van der Waals surface area (Å²) in [6, 6.07) is 6.87. The highest BCUT2D eigenvalue weighted by molar-refractivity contribution is 8.15. The molecule has 0 unspecified atom stereocenters. The van der Waals surface area contributed by atoms with E-state index in [1.165, 1.54) is 17.8 Å². The lowest BCUT2D eigenvalue weighted by Crippen LogP contribution is -2.40. The van der Waals surface area contributed by atoms with Gasteiger partial charge < -0.3 is 9.47 Å². The number of ether oxygens (including phenoxy) is 2. The molecule has 148 valence electrons. The van der Waals surface area contributed by atoms with E-state index in [4.69, 9.17) is 9.47 Å². The molecule has 7 heteroatoms. The van der Waals surface area contributed by atoms with Gasteiger partial charge in [0.05, 0.1) is 29.2 Å². The second-order valence-corrected chi connectivity index (χ2v) is 7.58. The lowest BCUT2D eigenvalue weighted by molar-refractivity contribution is -0.139. The highest BCUT2D eigenvalue weighted by Crippen LogP contribution is 2.44. The number of nitrogens with zero attached hydrogens (tertiary/aromatic N) is 2. The Kier molecular flexibility index (Phi) is 6.24. The summed E-state index contributed by atoms with van der Waals surface area (Å²) in [7, 11) is 0. The highest BCUT2D eigenvalue weighted by Gasteiger charge is 2.47. The van der Waals surface area contributed by atoms with E-state index in [9.17, 15) is 9.59 Å². The maximum atomic E-state index is 13.0. The number of esters is 1. The van der Waals surface area contributed by atoms with Gasteiger partial charge in [0.1, 0.15) is 12.4 Å². The highest BCUT2D eigenvalue weighted by atomic mass is 32.2. The van der Waals surface area contributed by atoms with Gasteiger partial charge in [-0.3, -0.25) is 9.69 Å². The van der Waals surface area contributed by atoms with Crippen LogP contribution >= 0.6 is 11.8 Å². The quantitative estimate of drug-likeness (QED) is 0.514. The third kappa shape index (κ3) is 3.71. The molecule has 1 amide bonds. The van der Waals surface area contributed by atoms with Gasteiger partial charge in [0, 0.05) is 0 Å². The zero-order valence-electron chi connectivity index (χ0n) is 16.3. The van der Waals surface area contributed by atoms with Crippen molar-refractivity contribution in [2.24, 2.45) is 4.99 Å². The Balaban J connectivity index is 2.06. The number of fused-ring (bicyclic) bond motifs is 1. The van der Waals surface area contributed by atoms with Gasteiger partial charge in [-0.05, 0) is 38.0 Å². The van der Waals surface area contributed by atoms with E-state index < -0.39 is 12.0 Å². The van der Waals surface area contributed by atoms with Gasteiger partial charge >= 0.3 is 5.97 Å². The minimum Gasteiger partial charge on any atom is -0.494 e. The number of rotatable bonds is 7. The summed E-state index contributed by atoms with van der Waals surface area (Å²) >= 11 is 1.45. The SMILES string of the molecule is C=CCOC(=O)C1=C(C)N=C2S[C@@H](CC)C(=O)N2[C@@H]1c1ccc(OCC)cc1. The molecule has 0 saturated carbocycles. The van der Waals surface area contributed by atoms with E-state index in [-0.39, 0.29) is 17.8 Å². The number of amidine groups is 1. The number of hydrogen-bond acceptors (Lipinski definition) is 6. The Morgan fingerprint density at radius 3 is 2.64 bits per heavy atom. The first-order valence-electron chi connectivity index (χ1n) is 9.31. The normalized spacial score (nSPS) is 21.3. The fraction of sp³-hybridized carbons (Fsp3) is 0.381. The summed E-state index contributed by atoms with van der Waals surface area (Å²) in [6.45, 7) is 9.92. The van der Waals surface area contributed by atoms with Crippen LogP contribution in [0.25, 0.3) is 0 Å². The van der Waals surface area contributed by atoms with Crippen molar-refractivity contribution in [1.82, 2.24) is 4.90 Å². The Morgan fingerprint density at radius 2 is 2.04 bits per heavy atom. The van der Waals surface area contributed by atoms with Crippen LogP contribution in [0.2, 0.25) is 0 Å². The third-order valence-corrected chi connectivity index (χ3v) is 5.90. The lowest BCUT2D eigenvalue weighted by Gasteiger charge is -2.33. The van der Waals surface area contributed by atoms with Crippen LogP contribution in [-0.4, -0.2) is 40.4 Å². The maximum Gasteiger partial charge on any atom is 0.338 e. The molecule has 2 heterocycles. The van der Waals surface area contributed by atoms with Crippen molar-refractivity contribution in [3.63, 3.8) is 0 Å². The molecule has 0 aromatic heterocycles. The second kappa shape index (κ2) is 8.65. The zero-order chi connectivity index (χ0) is 20.3. The van der Waals surface area contributed by atoms with Gasteiger partial charge in [-0.1, -0.05) is 43.5 Å². The number of allylic oxidation sites excluding steroid dienone is 1. The molecule has 6 nitrogen and oxygen atoms in total. The average molecular weight is 401 g/mol. The number of aliphatic imine (C=N–C) groups is 1. The Bertz CT molecular complexity index is 844. The minimum absolute atomic E-state index is 0.0355. The summed E-state index contributed by atoms with van der Waals surface area (Å²) in [6.07, 6.45) is 2.21. The average Bonchev–Trinajstić information content (AvgIpc) is 3.01. The van der Waals surface area contributed by atoms with Crippen molar-refractivity contribution in [2.75, 3.05) is 13.2 Å². The first-order chi connectivity index (χ1) is 13.5. The van der Waals surface area contributed by atoms with Crippen LogP contribution in [-0.2, 0) is 14.3 Å². The maximum absolute atomic E-state index is 13.0. The molecule has 2 atom stereocenters. The fourth-order valence-corrected chi connectivity index (χ4v) is 4.42. The van der Waals surface area contributed by atoms with Crippen molar-refractivity contribution in [2.45, 2.75) is 38.5 Å². The smallest absolute Gasteiger partial charge is 0.338 e. The molecule has 0 spiro atoms. The molecule has 0 N–H and O–H groups in total. The summed E-state index contributed by atoms with van der Waals surface area (Å²) in [5.74, 6) is 0.212. The predicted molar refractivity (Wildman–Crippen MR) is 110 cm³/mol. The van der Waals surface area contributed by atoms with Gasteiger partial charge in [0.25, 0.3) is 0 Å². The lowest BCUT2D eigenvalue weighted by atomic mass is 9.94. The van der Waals surface area contributed by atoms with E-state index in [1.54, 1.807) is 11.8 Å². The van der Waals surface area contributed by atoms with Crippen molar-refractivity contribution in [3.8, 4) is 5.75 Å².